The van der Waals surface area contributed by atoms with Crippen LogP contribution in [0.3, 0.4) is 0 Å². The first-order valence-corrected chi connectivity index (χ1v) is 17.4. The van der Waals surface area contributed by atoms with Gasteiger partial charge in [-0.25, -0.2) is 28.8 Å². The van der Waals surface area contributed by atoms with Crippen LogP contribution in [-0.2, 0) is 38.1 Å². The number of aromatic hydroxyl groups is 1. The summed E-state index contributed by atoms with van der Waals surface area (Å²) in [6.45, 7) is -0.245. The maximum Gasteiger partial charge on any atom is 0.342 e. The fourth-order valence-electron chi connectivity index (χ4n) is 4.74. The van der Waals surface area contributed by atoms with E-state index in [4.69, 9.17) is 52.8 Å². The van der Waals surface area contributed by atoms with Gasteiger partial charge in [0.25, 0.3) is 0 Å². The summed E-state index contributed by atoms with van der Waals surface area (Å²) >= 11 is 0. The fraction of sp³-hybridized carbons (Fsp3) is 0.286. The smallest absolute Gasteiger partial charge is 0.342 e. The maximum atomic E-state index is 12.0. The van der Waals surface area contributed by atoms with Gasteiger partial charge in [-0.3, -0.25) is 0 Å². The van der Waals surface area contributed by atoms with Crippen LogP contribution < -0.4 is 23.7 Å². The molecule has 0 saturated carbocycles. The molecule has 3 aliphatic heterocycles. The Balaban J connectivity index is 0.000000427. The van der Waals surface area contributed by atoms with Gasteiger partial charge < -0.3 is 62.7 Å². The van der Waals surface area contributed by atoms with Crippen LogP contribution in [-0.4, -0.2) is 125 Å². The number of carbonyl (C=O) groups is 6. The summed E-state index contributed by atoms with van der Waals surface area (Å²) in [5, 5.41) is 26.7. The number of ether oxygens (including phenoxy) is 10. The number of carboxylic acid groups (broad SMARTS) is 1. The van der Waals surface area contributed by atoms with E-state index in [1.165, 1.54) is 96.3 Å². The molecular formula is C42H48O19. The van der Waals surface area contributed by atoms with Gasteiger partial charge in [-0.05, 0) is 54.6 Å². The number of benzene rings is 3. The third kappa shape index (κ3) is 15.6. The summed E-state index contributed by atoms with van der Waals surface area (Å²) in [7, 11) is 7.35. The highest BCUT2D eigenvalue weighted by atomic mass is 16.6. The molecule has 0 unspecified atom stereocenters. The molecule has 0 aliphatic carbocycles. The normalized spacial score (nSPS) is 16.2. The van der Waals surface area contributed by atoms with Gasteiger partial charge >= 0.3 is 35.8 Å². The van der Waals surface area contributed by atoms with Crippen molar-refractivity contribution in [3.8, 4) is 34.5 Å². The summed E-state index contributed by atoms with van der Waals surface area (Å²) in [6, 6.07) is 13.6. The highest BCUT2D eigenvalue weighted by molar-refractivity contribution is 5.94. The molecule has 0 bridgehead atoms. The van der Waals surface area contributed by atoms with Crippen LogP contribution in [0.5, 0.6) is 34.5 Å². The van der Waals surface area contributed by atoms with E-state index in [1.807, 2.05) is 0 Å². The zero-order valence-electron chi connectivity index (χ0n) is 32.9. The van der Waals surface area contributed by atoms with Crippen LogP contribution in [0.1, 0.15) is 39.9 Å². The molecule has 0 saturated heterocycles. The van der Waals surface area contributed by atoms with Crippen molar-refractivity contribution in [1.82, 2.24) is 0 Å². The first-order chi connectivity index (χ1) is 28.7. The molecule has 3 aliphatic rings. The van der Waals surface area contributed by atoms with Crippen molar-refractivity contribution in [1.29, 1.82) is 0 Å². The summed E-state index contributed by atoms with van der Waals surface area (Å²) < 4.78 is 49.1. The van der Waals surface area contributed by atoms with Crippen molar-refractivity contribution in [2.75, 3.05) is 55.4 Å². The van der Waals surface area contributed by atoms with E-state index in [1.54, 1.807) is 30.3 Å². The number of hydrogen-bond acceptors (Lipinski definition) is 18. The minimum absolute atomic E-state index is 0. The van der Waals surface area contributed by atoms with E-state index in [0.717, 1.165) is 0 Å². The predicted molar refractivity (Wildman–Crippen MR) is 214 cm³/mol. The van der Waals surface area contributed by atoms with E-state index in [2.05, 4.69) is 4.74 Å². The van der Waals surface area contributed by atoms with Crippen molar-refractivity contribution < 1.29 is 92.9 Å². The lowest BCUT2D eigenvalue weighted by atomic mass is 10.2. The SMILES string of the molecule is C.COc1ccc(C(=O)O)c(OC)c1.COc1ccc(C(=O)OC[C@@H]2C=CC(=O)O2)c(O)c1.COc1ccc(C(=O)OC[C@@H]2C=CC(=O)O2)c(OC)c1.O=C1C=C[C@@H](CO)O1.[HH]. The molecule has 0 amide bonds. The van der Waals surface area contributed by atoms with Crippen LogP contribution in [0.4, 0.5) is 0 Å². The molecule has 3 heterocycles. The van der Waals surface area contributed by atoms with E-state index in [0.29, 0.717) is 28.7 Å². The number of carboxylic acids is 1. The Morgan fingerprint density at radius 1 is 0.574 bits per heavy atom. The third-order valence-electron chi connectivity index (χ3n) is 7.77. The Morgan fingerprint density at radius 2 is 0.951 bits per heavy atom. The second-order valence-electron chi connectivity index (χ2n) is 11.7. The molecule has 61 heavy (non-hydrogen) atoms. The highest BCUT2D eigenvalue weighted by Crippen LogP contribution is 2.27. The molecule has 0 spiro atoms. The number of phenolic OH excluding ortho intramolecular Hbond substituents is 1. The fourth-order valence-corrected chi connectivity index (χ4v) is 4.74. The van der Waals surface area contributed by atoms with E-state index in [9.17, 15) is 33.9 Å². The second kappa shape index (κ2) is 25.1. The maximum absolute atomic E-state index is 12.0. The summed E-state index contributed by atoms with van der Waals surface area (Å²) in [6.07, 6.45) is 6.94. The quantitative estimate of drug-likeness (QED) is 0.161. The first-order valence-electron chi connectivity index (χ1n) is 17.4. The molecule has 0 radical (unpaired) electrons. The van der Waals surface area contributed by atoms with Gasteiger partial charge in [-0.15, -0.1) is 0 Å². The van der Waals surface area contributed by atoms with Gasteiger partial charge in [0.05, 0.1) is 42.2 Å². The number of rotatable bonds is 13. The second-order valence-corrected chi connectivity index (χ2v) is 11.7. The minimum Gasteiger partial charge on any atom is -0.507 e. The molecule has 19 heteroatoms. The zero-order chi connectivity index (χ0) is 44.2. The first kappa shape index (κ1) is 49.6. The molecule has 3 aromatic rings. The Bertz CT molecular complexity index is 2090. The molecule has 0 fully saturated rings. The molecule has 330 valence electrons. The van der Waals surface area contributed by atoms with Crippen molar-refractivity contribution in [3.63, 3.8) is 0 Å². The van der Waals surface area contributed by atoms with Gasteiger partial charge in [0.1, 0.15) is 70.5 Å². The average molecular weight is 857 g/mol. The number of aromatic carboxylic acids is 1. The standard InChI is InChI=1S/C14H14O6.C13H12O6.C9H10O4.C5H6O3.CH4.H2/c1-17-9-3-5-11(12(7-9)18-2)14(16)19-8-10-4-6-13(15)20-10;1-17-8-2-4-10(11(14)6-8)13(16)18-7-9-3-5-12(15)19-9;1-12-6-3-4-7(9(10)11)8(5-6)13-2;6-3-4-1-2-5(7)8-4;;/h3-7,10H,8H2,1-2H3;2-6,9,14H,7H2,1H3;3-5H,1-2H3,(H,10,11);1-2,4,6H,3H2;1H4;1H/t10-;9-;;4-;;/m00.0../s1. The van der Waals surface area contributed by atoms with Crippen LogP contribution in [0.2, 0.25) is 0 Å². The molecule has 19 nitrogen and oxygen atoms in total. The number of esters is 5. The average Bonchev–Trinajstić information content (AvgIpc) is 4.02. The predicted octanol–water partition coefficient (Wildman–Crippen LogP) is 4.13. The number of aliphatic hydroxyl groups excluding tert-OH is 1. The molecule has 0 aromatic heterocycles. The molecule has 3 N–H and O–H groups in total. The van der Waals surface area contributed by atoms with Crippen molar-refractivity contribution in [2.24, 2.45) is 0 Å². The number of methoxy groups -OCH3 is 5. The Kier molecular flexibility index (Phi) is 20.4. The summed E-state index contributed by atoms with van der Waals surface area (Å²) in [5.41, 5.74) is 0.430. The topological polar surface area (TPSA) is 255 Å². The van der Waals surface area contributed by atoms with Crippen LogP contribution in [0, 0.1) is 0 Å². The molecule has 3 atom stereocenters. The van der Waals surface area contributed by atoms with Crippen LogP contribution in [0.25, 0.3) is 0 Å². The third-order valence-corrected chi connectivity index (χ3v) is 7.77. The van der Waals surface area contributed by atoms with Gasteiger partial charge in [0.2, 0.25) is 0 Å². The van der Waals surface area contributed by atoms with Crippen LogP contribution >= 0.6 is 0 Å². The van der Waals surface area contributed by atoms with Crippen molar-refractivity contribution in [3.05, 3.63) is 108 Å². The van der Waals surface area contributed by atoms with Crippen molar-refractivity contribution >= 4 is 35.8 Å². The number of aliphatic hydroxyl groups is 1. The Hall–Kier alpha value is -7.54. The lowest BCUT2D eigenvalue weighted by Crippen LogP contribution is -2.19. The van der Waals surface area contributed by atoms with Crippen LogP contribution in [0.15, 0.2) is 91.1 Å². The van der Waals surface area contributed by atoms with Crippen molar-refractivity contribution in [2.45, 2.75) is 25.7 Å². The lowest BCUT2D eigenvalue weighted by molar-refractivity contribution is -0.140. The lowest BCUT2D eigenvalue weighted by Gasteiger charge is -2.12. The molecular weight excluding hydrogens is 808 g/mol. The summed E-state index contributed by atoms with van der Waals surface area (Å²) in [5.74, 6) is -1.54. The van der Waals surface area contributed by atoms with Gasteiger partial charge in [0, 0.05) is 37.9 Å². The minimum atomic E-state index is -1.01. The van der Waals surface area contributed by atoms with Gasteiger partial charge in [-0.1, -0.05) is 7.43 Å². The van der Waals surface area contributed by atoms with Gasteiger partial charge in [-0.2, -0.15) is 0 Å². The molecule has 6 rings (SSSR count). The monoisotopic (exact) mass is 856 g/mol. The Labute approximate surface area is 351 Å². The summed E-state index contributed by atoms with van der Waals surface area (Å²) in [4.78, 5) is 66.2. The number of hydrogen-bond donors (Lipinski definition) is 3. The van der Waals surface area contributed by atoms with E-state index >= 15 is 0 Å². The van der Waals surface area contributed by atoms with E-state index < -0.39 is 48.2 Å². The van der Waals surface area contributed by atoms with E-state index in [-0.39, 0.29) is 57.1 Å². The Morgan fingerprint density at radius 3 is 1.30 bits per heavy atom. The number of carbonyl (C=O) groups excluding carboxylic acids is 5. The van der Waals surface area contributed by atoms with Gasteiger partial charge in [0.15, 0.2) is 12.2 Å². The number of phenols is 1. The number of cyclic esters (lactones) is 3. The largest absolute Gasteiger partial charge is 0.507 e. The molecule has 3 aromatic carbocycles. The zero-order valence-corrected chi connectivity index (χ0v) is 32.9. The highest BCUT2D eigenvalue weighted by Gasteiger charge is 2.22.